The third-order valence-corrected chi connectivity index (χ3v) is 3.54. The Morgan fingerprint density at radius 2 is 2.53 bits per heavy atom. The molecule has 0 radical (unpaired) electrons. The number of halogens is 1. The minimum atomic E-state index is -0.746. The Hall–Kier alpha value is -1.12. The highest BCUT2D eigenvalue weighted by Crippen LogP contribution is 2.32. The van der Waals surface area contributed by atoms with Gasteiger partial charge in [-0.25, -0.2) is 9.18 Å². The molecule has 6 nitrogen and oxygen atoms in total. The maximum absolute atomic E-state index is 13.2. The van der Waals surface area contributed by atoms with Crippen LogP contribution in [-0.4, -0.2) is 32.5 Å². The molecule has 2 rings (SSSR count). The Balaban J connectivity index is 2.19. The molecule has 1 aromatic heterocycles. The summed E-state index contributed by atoms with van der Waals surface area (Å²) in [7, 11) is 0. The average molecular weight is 261 g/mol. The summed E-state index contributed by atoms with van der Waals surface area (Å²) in [5.74, 6) is -0.650. The van der Waals surface area contributed by atoms with Gasteiger partial charge in [-0.15, -0.1) is 11.8 Å². The smallest absolute Gasteiger partial charge is 0.351 e. The van der Waals surface area contributed by atoms with Crippen molar-refractivity contribution in [3.8, 4) is 0 Å². The zero-order valence-electron chi connectivity index (χ0n) is 8.88. The summed E-state index contributed by atoms with van der Waals surface area (Å²) in [6.07, 6.45) is 0.907. The monoisotopic (exact) mass is 261 g/mol. The molecule has 3 N–H and O–H groups in total. The Bertz CT molecular complexity index is 467. The lowest BCUT2D eigenvalue weighted by molar-refractivity contribution is 0.00647. The van der Waals surface area contributed by atoms with Crippen LogP contribution >= 0.6 is 11.8 Å². The second-order valence-electron chi connectivity index (χ2n) is 3.53. The lowest BCUT2D eigenvalue weighted by Crippen LogP contribution is -2.29. The normalized spacial score (nSPS) is 24.1. The minimum absolute atomic E-state index is 0.00757. The number of hydrogen-bond acceptors (Lipinski definition) is 6. The highest BCUT2D eigenvalue weighted by molar-refractivity contribution is 7.99. The summed E-state index contributed by atoms with van der Waals surface area (Å²) in [4.78, 5) is 14.9. The molecule has 0 aliphatic carbocycles. The fourth-order valence-electron chi connectivity index (χ4n) is 1.51. The maximum Gasteiger partial charge on any atom is 0.351 e. The predicted molar refractivity (Wildman–Crippen MR) is 60.9 cm³/mol. The van der Waals surface area contributed by atoms with Gasteiger partial charge in [0.15, 0.2) is 11.6 Å². The second kappa shape index (κ2) is 5.03. The van der Waals surface area contributed by atoms with Crippen LogP contribution < -0.4 is 11.4 Å². The van der Waals surface area contributed by atoms with E-state index in [2.05, 4.69) is 4.98 Å². The lowest BCUT2D eigenvalue weighted by atomic mass is 10.5. The number of nitrogens with zero attached hydrogens (tertiary/aromatic N) is 2. The van der Waals surface area contributed by atoms with Gasteiger partial charge in [-0.3, -0.25) is 4.57 Å². The molecule has 2 heterocycles. The molecule has 1 aromatic rings. The first-order valence-electron chi connectivity index (χ1n) is 5.04. The van der Waals surface area contributed by atoms with E-state index in [0.29, 0.717) is 12.2 Å². The van der Waals surface area contributed by atoms with E-state index < -0.39 is 23.6 Å². The van der Waals surface area contributed by atoms with Crippen LogP contribution in [-0.2, 0) is 4.74 Å². The second-order valence-corrected chi connectivity index (χ2v) is 4.72. The highest BCUT2D eigenvalue weighted by Gasteiger charge is 2.28. The van der Waals surface area contributed by atoms with E-state index in [-0.39, 0.29) is 12.0 Å². The summed E-state index contributed by atoms with van der Waals surface area (Å²) >= 11 is 1.47. The number of nitrogens with two attached hydrogens (primary N) is 1. The van der Waals surface area contributed by atoms with Crippen LogP contribution in [0.2, 0.25) is 0 Å². The highest BCUT2D eigenvalue weighted by atomic mass is 32.2. The molecular formula is C9H12FN3O3S. The fraction of sp³-hybridized carbons (Fsp3) is 0.556. The molecule has 0 bridgehead atoms. The molecule has 2 atom stereocenters. The third-order valence-electron chi connectivity index (χ3n) is 2.34. The number of aliphatic hydroxyl groups excluding tert-OH is 1. The van der Waals surface area contributed by atoms with Gasteiger partial charge in [-0.2, -0.15) is 4.98 Å². The van der Waals surface area contributed by atoms with Crippen LogP contribution in [0.1, 0.15) is 12.6 Å². The van der Waals surface area contributed by atoms with E-state index in [9.17, 15) is 9.18 Å². The predicted octanol–water partition coefficient (Wildman–Crippen LogP) is -0.0649. The van der Waals surface area contributed by atoms with Gasteiger partial charge in [0.2, 0.25) is 0 Å². The quantitative estimate of drug-likeness (QED) is 0.792. The molecular weight excluding hydrogens is 249 g/mol. The summed E-state index contributed by atoms with van der Waals surface area (Å²) in [5.41, 5.74) is 4.36. The lowest BCUT2D eigenvalue weighted by Gasteiger charge is -2.14. The molecule has 1 saturated heterocycles. The van der Waals surface area contributed by atoms with Gasteiger partial charge in [0.05, 0.1) is 6.20 Å². The summed E-state index contributed by atoms with van der Waals surface area (Å²) < 4.78 is 19.8. The van der Waals surface area contributed by atoms with Gasteiger partial charge >= 0.3 is 5.69 Å². The van der Waals surface area contributed by atoms with Gasteiger partial charge < -0.3 is 15.6 Å². The molecule has 1 aliphatic rings. The topological polar surface area (TPSA) is 90.4 Å². The molecule has 1 fully saturated rings. The Labute approximate surface area is 101 Å². The maximum atomic E-state index is 13.2. The molecule has 1 aliphatic heterocycles. The van der Waals surface area contributed by atoms with Crippen LogP contribution in [0.15, 0.2) is 11.0 Å². The van der Waals surface area contributed by atoms with Crippen molar-refractivity contribution in [1.82, 2.24) is 9.55 Å². The number of hydrogen-bond donors (Lipinski definition) is 2. The number of rotatable bonds is 3. The fourth-order valence-corrected chi connectivity index (χ4v) is 2.61. The number of thioether (sulfide) groups is 1. The minimum Gasteiger partial charge on any atom is -0.396 e. The molecule has 94 valence electrons. The van der Waals surface area contributed by atoms with Crippen LogP contribution in [0, 0.1) is 5.82 Å². The van der Waals surface area contributed by atoms with E-state index in [1.54, 1.807) is 0 Å². The molecule has 0 amide bonds. The number of ether oxygens (including phenoxy) is 1. The van der Waals surface area contributed by atoms with Gasteiger partial charge in [0, 0.05) is 18.8 Å². The molecule has 2 unspecified atom stereocenters. The van der Waals surface area contributed by atoms with Crippen molar-refractivity contribution >= 4 is 17.6 Å². The first-order chi connectivity index (χ1) is 8.11. The zero-order chi connectivity index (χ0) is 12.4. The molecule has 0 aromatic carbocycles. The number of aromatic nitrogens is 2. The van der Waals surface area contributed by atoms with Crippen molar-refractivity contribution in [2.75, 3.05) is 18.1 Å². The zero-order valence-corrected chi connectivity index (χ0v) is 9.69. The number of anilines is 1. The van der Waals surface area contributed by atoms with Gasteiger partial charge in [-0.05, 0) is 0 Å². The molecule has 0 spiro atoms. The summed E-state index contributed by atoms with van der Waals surface area (Å²) in [6, 6.07) is 0. The third kappa shape index (κ3) is 2.59. The Morgan fingerprint density at radius 3 is 3.24 bits per heavy atom. The summed E-state index contributed by atoms with van der Waals surface area (Å²) in [6.45, 7) is 0.00757. The van der Waals surface area contributed by atoms with Gasteiger partial charge in [0.1, 0.15) is 11.7 Å². The SMILES string of the molecule is Nc1nc(=O)n(C2CSC(CCO)O2)cc1F. The van der Waals surface area contributed by atoms with E-state index in [0.717, 1.165) is 10.8 Å². The van der Waals surface area contributed by atoms with Crippen molar-refractivity contribution in [3.63, 3.8) is 0 Å². The summed E-state index contributed by atoms with van der Waals surface area (Å²) in [5, 5.41) is 8.77. The van der Waals surface area contributed by atoms with E-state index in [1.807, 2.05) is 0 Å². The van der Waals surface area contributed by atoms with Gasteiger partial charge in [0.25, 0.3) is 0 Å². The largest absolute Gasteiger partial charge is 0.396 e. The van der Waals surface area contributed by atoms with Crippen LogP contribution in [0.4, 0.5) is 10.2 Å². The van der Waals surface area contributed by atoms with Crippen LogP contribution in [0.5, 0.6) is 0 Å². The molecule has 8 heteroatoms. The Kier molecular flexibility index (Phi) is 3.65. The first kappa shape index (κ1) is 12.3. The standard InChI is InChI=1S/C9H12FN3O3S/c10-5-3-13(9(15)12-8(5)11)6-4-17-7(16-6)1-2-14/h3,6-7,14H,1-2,4H2,(H2,11,12,15). The van der Waals surface area contributed by atoms with Crippen molar-refractivity contribution in [3.05, 3.63) is 22.5 Å². The van der Waals surface area contributed by atoms with Gasteiger partial charge in [-0.1, -0.05) is 0 Å². The van der Waals surface area contributed by atoms with E-state index in [1.165, 1.54) is 11.8 Å². The number of nitrogen functional groups attached to an aromatic ring is 1. The first-order valence-corrected chi connectivity index (χ1v) is 6.08. The van der Waals surface area contributed by atoms with E-state index >= 15 is 0 Å². The Morgan fingerprint density at radius 1 is 1.76 bits per heavy atom. The van der Waals surface area contributed by atoms with Crippen molar-refractivity contribution in [2.45, 2.75) is 18.1 Å². The van der Waals surface area contributed by atoms with Crippen LogP contribution in [0.25, 0.3) is 0 Å². The molecule has 0 saturated carbocycles. The van der Waals surface area contributed by atoms with Crippen molar-refractivity contribution in [2.24, 2.45) is 0 Å². The van der Waals surface area contributed by atoms with Crippen LogP contribution in [0.3, 0.4) is 0 Å². The van der Waals surface area contributed by atoms with E-state index in [4.69, 9.17) is 15.6 Å². The van der Waals surface area contributed by atoms with Crippen molar-refractivity contribution < 1.29 is 14.2 Å². The number of aliphatic hydroxyl groups is 1. The van der Waals surface area contributed by atoms with Crippen molar-refractivity contribution in [1.29, 1.82) is 0 Å². The molecule has 17 heavy (non-hydrogen) atoms. The average Bonchev–Trinajstić information content (AvgIpc) is 2.72.